The van der Waals surface area contributed by atoms with E-state index in [1.165, 1.54) is 12.1 Å². The smallest absolute Gasteiger partial charge is 0.219 e. The number of aliphatic imine (C=N–C) groups is 1. The quantitative estimate of drug-likeness (QED) is 0.151. The summed E-state index contributed by atoms with van der Waals surface area (Å²) < 4.78 is 12.4. The van der Waals surface area contributed by atoms with Crippen LogP contribution in [0, 0.1) is 13.8 Å². The second-order valence-electron chi connectivity index (χ2n) is 14.6. The van der Waals surface area contributed by atoms with Crippen molar-refractivity contribution in [2.24, 2.45) is 4.99 Å². The standard InChI is InChI=1S/C38H33NO10/c1-11-9-15(40)19-21-17(11)35-25(37(5,6)13(3)48-35)29(42)23(21)33(46)27(31(19)44)39-28-32(45)20-16(41)10-12(2)18-22(20)24(34(28)47)30(43)26-36(18)49-14(4)38(26,7)8/h9-10,13-14,40-44H,1-8H3/t13-,14-/m1/s1. The van der Waals surface area contributed by atoms with E-state index in [1.54, 1.807) is 13.8 Å². The van der Waals surface area contributed by atoms with Crippen LogP contribution in [0.15, 0.2) is 22.8 Å². The molecule has 2 aliphatic carbocycles. The number of hydrogen-bond acceptors (Lipinski definition) is 11. The molecule has 0 aromatic heterocycles. The lowest BCUT2D eigenvalue weighted by molar-refractivity contribution is 0.101. The molecule has 11 nitrogen and oxygen atoms in total. The third-order valence-corrected chi connectivity index (χ3v) is 11.3. The van der Waals surface area contributed by atoms with Crippen LogP contribution in [0.25, 0.3) is 27.3 Å². The second kappa shape index (κ2) is 9.10. The van der Waals surface area contributed by atoms with Crippen molar-refractivity contribution in [3.05, 3.63) is 62.3 Å². The van der Waals surface area contributed by atoms with E-state index in [2.05, 4.69) is 4.99 Å². The highest BCUT2D eigenvalue weighted by Gasteiger charge is 2.49. The fourth-order valence-electron chi connectivity index (χ4n) is 8.04. The molecule has 4 aromatic rings. The van der Waals surface area contributed by atoms with Gasteiger partial charge in [-0.3, -0.25) is 14.4 Å². The summed E-state index contributed by atoms with van der Waals surface area (Å²) in [5.41, 5.74) is -2.59. The number of benzene rings is 4. The summed E-state index contributed by atoms with van der Waals surface area (Å²) in [4.78, 5) is 47.1. The van der Waals surface area contributed by atoms with Gasteiger partial charge in [-0.2, -0.15) is 0 Å². The lowest BCUT2D eigenvalue weighted by Crippen LogP contribution is -2.32. The van der Waals surface area contributed by atoms with Gasteiger partial charge in [0.15, 0.2) is 17.2 Å². The minimum atomic E-state index is -1.05. The fourth-order valence-corrected chi connectivity index (χ4v) is 8.04. The van der Waals surface area contributed by atoms with Gasteiger partial charge < -0.3 is 35.0 Å². The molecule has 0 spiro atoms. The molecule has 0 bridgehead atoms. The molecule has 0 fully saturated rings. The lowest BCUT2D eigenvalue weighted by Gasteiger charge is -2.27. The third kappa shape index (κ3) is 3.42. The minimum absolute atomic E-state index is 0.00596. The number of aromatic hydroxyl groups is 4. The number of allylic oxidation sites excluding steroid dienone is 1. The van der Waals surface area contributed by atoms with Gasteiger partial charge in [0.05, 0.1) is 22.3 Å². The SMILES string of the molecule is Cc1cc(O)c2c3c(c(O)c4c(c13)O[C@H](C)C4(C)C)C(=O)C(=NC1=C(O)c3c(O)cc(C)c4c5c(c(O)c(c34)C1=O)C(C)(C)[C@@H](C)O5)C2=O. The summed E-state index contributed by atoms with van der Waals surface area (Å²) in [5, 5.41) is 58.1. The molecule has 0 unspecified atom stereocenters. The normalized spacial score (nSPS) is 22.2. The van der Waals surface area contributed by atoms with Gasteiger partial charge in [-0.1, -0.05) is 27.7 Å². The Bertz CT molecular complexity index is 2450. The molecule has 250 valence electrons. The largest absolute Gasteiger partial charge is 0.507 e. The van der Waals surface area contributed by atoms with Gasteiger partial charge in [0.1, 0.15) is 46.7 Å². The van der Waals surface area contributed by atoms with Gasteiger partial charge in [-0.25, -0.2) is 4.99 Å². The topological polar surface area (TPSA) is 183 Å². The first kappa shape index (κ1) is 30.7. The van der Waals surface area contributed by atoms with Crippen LogP contribution in [-0.2, 0) is 10.8 Å². The number of ketones is 3. The molecule has 2 heterocycles. The molecule has 0 saturated heterocycles. The van der Waals surface area contributed by atoms with Gasteiger partial charge in [0, 0.05) is 43.5 Å². The van der Waals surface area contributed by atoms with Gasteiger partial charge in [0.25, 0.3) is 0 Å². The number of nitrogens with zero attached hydrogens (tertiary/aromatic N) is 1. The number of ether oxygens (including phenoxy) is 2. The van der Waals surface area contributed by atoms with Crippen LogP contribution >= 0.6 is 0 Å². The van der Waals surface area contributed by atoms with E-state index >= 15 is 0 Å². The van der Waals surface area contributed by atoms with Crippen LogP contribution in [-0.4, -0.2) is 60.8 Å². The van der Waals surface area contributed by atoms with Gasteiger partial charge >= 0.3 is 0 Å². The Kier molecular flexibility index (Phi) is 5.71. The van der Waals surface area contributed by atoms with E-state index in [0.717, 1.165) is 0 Å². The average Bonchev–Trinajstić information content (AvgIpc) is 3.37. The zero-order chi connectivity index (χ0) is 35.5. The summed E-state index contributed by atoms with van der Waals surface area (Å²) in [6.07, 6.45) is -0.832. The number of aliphatic hydroxyl groups is 1. The van der Waals surface area contributed by atoms with E-state index in [9.17, 15) is 39.9 Å². The van der Waals surface area contributed by atoms with Crippen LogP contribution in [0.5, 0.6) is 34.5 Å². The maximum absolute atomic E-state index is 14.4. The summed E-state index contributed by atoms with van der Waals surface area (Å²) in [6, 6.07) is 2.74. The molecule has 0 radical (unpaired) electrons. The molecule has 5 N–H and O–H groups in total. The Labute approximate surface area is 279 Å². The monoisotopic (exact) mass is 663 g/mol. The molecule has 49 heavy (non-hydrogen) atoms. The molecule has 4 aromatic carbocycles. The zero-order valence-corrected chi connectivity index (χ0v) is 28.0. The Hall–Kier alpha value is -5.58. The van der Waals surface area contributed by atoms with Crippen LogP contribution in [0.4, 0.5) is 0 Å². The number of carbonyl (C=O) groups is 3. The number of hydrogen-bond donors (Lipinski definition) is 5. The summed E-state index contributed by atoms with van der Waals surface area (Å²) in [7, 11) is 0. The van der Waals surface area contributed by atoms with Crippen LogP contribution in [0.3, 0.4) is 0 Å². The number of aryl methyl sites for hydroxylation is 2. The molecule has 0 amide bonds. The number of aliphatic hydroxyl groups excluding tert-OH is 1. The van der Waals surface area contributed by atoms with Crippen LogP contribution < -0.4 is 9.47 Å². The van der Waals surface area contributed by atoms with Gasteiger partial charge in [-0.15, -0.1) is 0 Å². The van der Waals surface area contributed by atoms with Crippen molar-refractivity contribution in [1.29, 1.82) is 0 Å². The molecular formula is C38H33NO10. The van der Waals surface area contributed by atoms with Crippen LogP contribution in [0.2, 0.25) is 0 Å². The van der Waals surface area contributed by atoms with Crippen molar-refractivity contribution in [1.82, 2.24) is 0 Å². The number of Topliss-reactive ketones (excluding diaryl/α,β-unsaturated/α-hetero) is 3. The second-order valence-corrected chi connectivity index (χ2v) is 14.6. The van der Waals surface area contributed by atoms with Crippen LogP contribution in [0.1, 0.15) is 100 Å². The molecule has 4 aliphatic rings. The Balaban J connectivity index is 1.43. The van der Waals surface area contributed by atoms with Gasteiger partial charge in [-0.05, 0) is 51.0 Å². The first-order valence-corrected chi connectivity index (χ1v) is 15.9. The first-order valence-electron chi connectivity index (χ1n) is 15.9. The van der Waals surface area contributed by atoms with E-state index in [4.69, 9.17) is 9.47 Å². The molecule has 0 saturated carbocycles. The highest BCUT2D eigenvalue weighted by atomic mass is 16.5. The van der Waals surface area contributed by atoms with E-state index in [0.29, 0.717) is 44.5 Å². The van der Waals surface area contributed by atoms with E-state index in [1.807, 2.05) is 41.5 Å². The summed E-state index contributed by atoms with van der Waals surface area (Å²) >= 11 is 0. The lowest BCUT2D eigenvalue weighted by atomic mass is 9.75. The van der Waals surface area contributed by atoms with Crippen molar-refractivity contribution in [3.63, 3.8) is 0 Å². The Morgan fingerprint density at radius 1 is 0.612 bits per heavy atom. The minimum Gasteiger partial charge on any atom is -0.507 e. The predicted molar refractivity (Wildman–Crippen MR) is 180 cm³/mol. The predicted octanol–water partition coefficient (Wildman–Crippen LogP) is 6.49. The van der Waals surface area contributed by atoms with Gasteiger partial charge in [0.2, 0.25) is 17.3 Å². The fraction of sp³-hybridized carbons (Fsp3) is 0.316. The molecule has 8 rings (SSSR count). The van der Waals surface area contributed by atoms with Crippen molar-refractivity contribution in [2.75, 3.05) is 0 Å². The Morgan fingerprint density at radius 3 is 1.51 bits per heavy atom. The van der Waals surface area contributed by atoms with Crippen molar-refractivity contribution in [3.8, 4) is 34.5 Å². The molecular weight excluding hydrogens is 630 g/mol. The summed E-state index contributed by atoms with van der Waals surface area (Å²) in [6.45, 7) is 14.4. The van der Waals surface area contributed by atoms with Crippen molar-refractivity contribution < 1.29 is 49.4 Å². The molecule has 2 aliphatic heterocycles. The molecule has 2 atom stereocenters. The highest BCUT2D eigenvalue weighted by Crippen LogP contribution is 2.58. The maximum Gasteiger partial charge on any atom is 0.219 e. The highest BCUT2D eigenvalue weighted by molar-refractivity contribution is 6.76. The Morgan fingerprint density at radius 2 is 1.02 bits per heavy atom. The van der Waals surface area contributed by atoms with E-state index < -0.39 is 80.6 Å². The van der Waals surface area contributed by atoms with Crippen molar-refractivity contribution >= 4 is 50.4 Å². The molecule has 11 heteroatoms. The maximum atomic E-state index is 14.4. The summed E-state index contributed by atoms with van der Waals surface area (Å²) in [5.74, 6) is -5.12. The number of carbonyl (C=O) groups excluding carboxylic acids is 3. The van der Waals surface area contributed by atoms with E-state index in [-0.39, 0.29) is 33.0 Å². The number of fused-ring (bicyclic) bond motifs is 4. The zero-order valence-electron chi connectivity index (χ0n) is 28.0. The first-order chi connectivity index (χ1) is 22.8. The third-order valence-electron chi connectivity index (χ3n) is 11.3. The number of phenols is 4. The van der Waals surface area contributed by atoms with Crippen molar-refractivity contribution in [2.45, 2.75) is 78.4 Å². The average molecular weight is 664 g/mol. The number of rotatable bonds is 1. The number of phenolic OH excluding ortho intramolecular Hbond substituents is 4.